The van der Waals surface area contributed by atoms with Crippen molar-refractivity contribution in [3.63, 3.8) is 0 Å². The number of ether oxygens (including phenoxy) is 1. The topological polar surface area (TPSA) is 38.5 Å². The quantitative estimate of drug-likeness (QED) is 0.900. The maximum atomic E-state index is 6.41. The van der Waals surface area contributed by atoms with Crippen LogP contribution in [0.15, 0.2) is 24.3 Å². The van der Waals surface area contributed by atoms with Gasteiger partial charge in [0.05, 0.1) is 7.11 Å². The van der Waals surface area contributed by atoms with E-state index in [0.717, 1.165) is 17.9 Å². The summed E-state index contributed by atoms with van der Waals surface area (Å²) >= 11 is 0. The minimum Gasteiger partial charge on any atom is -0.496 e. The van der Waals surface area contributed by atoms with Crippen molar-refractivity contribution in [1.29, 1.82) is 0 Å². The van der Waals surface area contributed by atoms with E-state index in [0.29, 0.717) is 11.5 Å². The minimum absolute atomic E-state index is 0.00101. The monoisotopic (exact) mass is 290 g/mol. The molecular formula is C18H30N2O. The van der Waals surface area contributed by atoms with Crippen molar-refractivity contribution in [3.05, 3.63) is 29.8 Å². The highest BCUT2D eigenvalue weighted by molar-refractivity contribution is 5.35. The maximum absolute atomic E-state index is 6.41. The molecule has 1 aromatic rings. The van der Waals surface area contributed by atoms with E-state index in [9.17, 15) is 0 Å². The second-order valence-electron chi connectivity index (χ2n) is 7.18. The number of likely N-dealkylation sites (N-methyl/N-ethyl adjacent to an activating group) is 1. The number of nitrogens with zero attached hydrogens (tertiary/aromatic N) is 1. The van der Waals surface area contributed by atoms with Crippen LogP contribution in [0.1, 0.15) is 51.1 Å². The molecule has 1 saturated carbocycles. The van der Waals surface area contributed by atoms with E-state index in [1.807, 2.05) is 18.2 Å². The van der Waals surface area contributed by atoms with Gasteiger partial charge in [-0.1, -0.05) is 32.0 Å². The molecule has 1 atom stereocenters. The summed E-state index contributed by atoms with van der Waals surface area (Å²) in [4.78, 5) is 2.44. The smallest absolute Gasteiger partial charge is 0.123 e. The van der Waals surface area contributed by atoms with Gasteiger partial charge in [-0.25, -0.2) is 0 Å². The van der Waals surface area contributed by atoms with Crippen molar-refractivity contribution in [2.45, 2.75) is 51.6 Å². The molecule has 2 N–H and O–H groups in total. The van der Waals surface area contributed by atoms with Crippen LogP contribution in [0.5, 0.6) is 5.75 Å². The molecule has 1 aromatic carbocycles. The molecule has 0 aromatic heterocycles. The molecule has 0 bridgehead atoms. The predicted molar refractivity (Wildman–Crippen MR) is 88.6 cm³/mol. The molecule has 3 heteroatoms. The summed E-state index contributed by atoms with van der Waals surface area (Å²) in [6, 6.07) is 8.74. The Balaban J connectivity index is 1.94. The van der Waals surface area contributed by atoms with Gasteiger partial charge >= 0.3 is 0 Å². The standard InChI is InChI=1S/C18H30N2O/c1-18(2)11-9-14(10-12-18)20(3)13-16(19)15-7-5-6-8-17(15)21-4/h5-8,14,16H,9-13,19H2,1-4H3. The Bertz CT molecular complexity index is 448. The zero-order chi connectivity index (χ0) is 15.5. The Hall–Kier alpha value is -1.06. The van der Waals surface area contributed by atoms with Gasteiger partial charge in [-0.3, -0.25) is 0 Å². The molecule has 1 fully saturated rings. The van der Waals surface area contributed by atoms with Gasteiger partial charge in [0.2, 0.25) is 0 Å². The first-order valence-corrected chi connectivity index (χ1v) is 8.02. The van der Waals surface area contributed by atoms with Gasteiger partial charge in [0.25, 0.3) is 0 Å². The second-order valence-corrected chi connectivity index (χ2v) is 7.18. The van der Waals surface area contributed by atoms with Crippen molar-refractivity contribution in [2.24, 2.45) is 11.1 Å². The van der Waals surface area contributed by atoms with Crippen molar-refractivity contribution in [3.8, 4) is 5.75 Å². The average molecular weight is 290 g/mol. The third-order valence-corrected chi connectivity index (χ3v) is 4.96. The molecule has 0 saturated heterocycles. The maximum Gasteiger partial charge on any atom is 0.123 e. The van der Waals surface area contributed by atoms with Crippen LogP contribution in [0, 0.1) is 5.41 Å². The summed E-state index contributed by atoms with van der Waals surface area (Å²) in [7, 11) is 3.91. The van der Waals surface area contributed by atoms with Gasteiger partial charge in [-0.05, 0) is 44.2 Å². The van der Waals surface area contributed by atoms with Crippen LogP contribution in [-0.4, -0.2) is 31.6 Å². The SMILES string of the molecule is COc1ccccc1C(N)CN(C)C1CCC(C)(C)CC1. The highest BCUT2D eigenvalue weighted by atomic mass is 16.5. The van der Waals surface area contributed by atoms with Gasteiger partial charge in [0, 0.05) is 24.2 Å². The van der Waals surface area contributed by atoms with E-state index in [4.69, 9.17) is 10.5 Å². The van der Waals surface area contributed by atoms with Crippen LogP contribution in [0.25, 0.3) is 0 Å². The van der Waals surface area contributed by atoms with E-state index in [-0.39, 0.29) is 6.04 Å². The van der Waals surface area contributed by atoms with Gasteiger partial charge in [-0.15, -0.1) is 0 Å². The van der Waals surface area contributed by atoms with E-state index < -0.39 is 0 Å². The molecule has 0 aliphatic heterocycles. The van der Waals surface area contributed by atoms with Crippen LogP contribution in [0.3, 0.4) is 0 Å². The number of rotatable bonds is 5. The molecule has 1 aliphatic rings. The summed E-state index contributed by atoms with van der Waals surface area (Å²) in [5, 5.41) is 0. The van der Waals surface area contributed by atoms with Crippen LogP contribution >= 0.6 is 0 Å². The molecule has 0 spiro atoms. The molecule has 1 aliphatic carbocycles. The molecule has 0 heterocycles. The van der Waals surface area contributed by atoms with Crippen LogP contribution in [0.4, 0.5) is 0 Å². The number of hydrogen-bond acceptors (Lipinski definition) is 3. The molecule has 0 radical (unpaired) electrons. The van der Waals surface area contributed by atoms with E-state index >= 15 is 0 Å². The summed E-state index contributed by atoms with van der Waals surface area (Å²) in [6.45, 7) is 5.64. The van der Waals surface area contributed by atoms with Gasteiger partial charge in [0.1, 0.15) is 5.75 Å². The van der Waals surface area contributed by atoms with E-state index in [1.54, 1.807) is 7.11 Å². The first-order chi connectivity index (χ1) is 9.93. The Morgan fingerprint density at radius 2 is 1.90 bits per heavy atom. The van der Waals surface area contributed by atoms with Gasteiger partial charge in [0.15, 0.2) is 0 Å². The van der Waals surface area contributed by atoms with Crippen LogP contribution in [0.2, 0.25) is 0 Å². The Morgan fingerprint density at radius 1 is 1.29 bits per heavy atom. The first-order valence-electron chi connectivity index (χ1n) is 8.02. The molecular weight excluding hydrogens is 260 g/mol. The van der Waals surface area contributed by atoms with Crippen LogP contribution < -0.4 is 10.5 Å². The Morgan fingerprint density at radius 3 is 2.52 bits per heavy atom. The predicted octanol–water partition coefficient (Wildman–Crippen LogP) is 3.60. The minimum atomic E-state index is 0.00101. The molecule has 2 rings (SSSR count). The summed E-state index contributed by atoms with van der Waals surface area (Å²) < 4.78 is 5.42. The highest BCUT2D eigenvalue weighted by Gasteiger charge is 2.29. The fourth-order valence-electron chi connectivity index (χ4n) is 3.36. The van der Waals surface area contributed by atoms with Crippen molar-refractivity contribution in [2.75, 3.05) is 20.7 Å². The third-order valence-electron chi connectivity index (χ3n) is 4.96. The van der Waals surface area contributed by atoms with E-state index in [1.165, 1.54) is 25.7 Å². The fourth-order valence-corrected chi connectivity index (χ4v) is 3.36. The zero-order valence-electron chi connectivity index (χ0n) is 13.9. The average Bonchev–Trinajstić information content (AvgIpc) is 2.46. The zero-order valence-corrected chi connectivity index (χ0v) is 13.9. The molecule has 118 valence electrons. The summed E-state index contributed by atoms with van der Waals surface area (Å²) in [5.74, 6) is 0.892. The van der Waals surface area contributed by atoms with Gasteiger partial charge < -0.3 is 15.4 Å². The summed E-state index contributed by atoms with van der Waals surface area (Å²) in [6.07, 6.45) is 5.18. The Kier molecular flexibility index (Phi) is 5.28. The van der Waals surface area contributed by atoms with Gasteiger partial charge in [-0.2, -0.15) is 0 Å². The number of benzene rings is 1. The van der Waals surface area contributed by atoms with Crippen LogP contribution in [-0.2, 0) is 0 Å². The molecule has 21 heavy (non-hydrogen) atoms. The van der Waals surface area contributed by atoms with E-state index in [2.05, 4.69) is 31.9 Å². The second kappa shape index (κ2) is 6.80. The van der Waals surface area contributed by atoms with Crippen molar-refractivity contribution in [1.82, 2.24) is 4.90 Å². The van der Waals surface area contributed by atoms with Crippen molar-refractivity contribution < 1.29 is 4.74 Å². The lowest BCUT2D eigenvalue weighted by Gasteiger charge is -2.39. The lowest BCUT2D eigenvalue weighted by Crippen LogP contribution is -2.40. The number of hydrogen-bond donors (Lipinski definition) is 1. The summed E-state index contributed by atoms with van der Waals surface area (Å²) in [5.41, 5.74) is 8.03. The highest BCUT2D eigenvalue weighted by Crippen LogP contribution is 2.37. The molecule has 0 amide bonds. The number of para-hydroxylation sites is 1. The van der Waals surface area contributed by atoms with Crippen molar-refractivity contribution >= 4 is 0 Å². The number of methoxy groups -OCH3 is 1. The lowest BCUT2D eigenvalue weighted by atomic mass is 9.75. The normalized spacial score (nSPS) is 20.5. The molecule has 1 unspecified atom stereocenters. The fraction of sp³-hybridized carbons (Fsp3) is 0.667. The number of nitrogens with two attached hydrogens (primary N) is 1. The first kappa shape index (κ1) is 16.3. The Labute approximate surface area is 129 Å². The molecule has 3 nitrogen and oxygen atoms in total. The lowest BCUT2D eigenvalue weighted by molar-refractivity contribution is 0.123. The largest absolute Gasteiger partial charge is 0.496 e. The third kappa shape index (κ3) is 4.21.